The number of benzene rings is 1. The number of anilines is 1. The molecule has 0 saturated heterocycles. The minimum Gasteiger partial charge on any atom is -0.380 e. The van der Waals surface area contributed by atoms with Crippen molar-refractivity contribution in [3.63, 3.8) is 0 Å². The van der Waals surface area contributed by atoms with Gasteiger partial charge in [-0.1, -0.05) is 24.2 Å². The average Bonchev–Trinajstić information content (AvgIpc) is 2.14. The Balaban J connectivity index is 2.94. The fourth-order valence-corrected chi connectivity index (χ4v) is 1.30. The molecule has 0 fully saturated rings. The normalized spacial score (nSPS) is 11.3. The number of hydrogen-bond donors (Lipinski definition) is 1. The second-order valence-electron chi connectivity index (χ2n) is 3.40. The molecule has 1 aromatic rings. The highest BCUT2D eigenvalue weighted by Gasteiger charge is 2.32. The highest BCUT2D eigenvalue weighted by molar-refractivity contribution is 6.29. The van der Waals surface area contributed by atoms with E-state index in [2.05, 4.69) is 11.9 Å². The number of alkyl halides is 3. The van der Waals surface area contributed by atoms with Crippen LogP contribution in [0, 0.1) is 6.92 Å². The van der Waals surface area contributed by atoms with Crippen LogP contribution >= 0.6 is 11.6 Å². The summed E-state index contributed by atoms with van der Waals surface area (Å²) in [5, 5.41) is 3.09. The second-order valence-corrected chi connectivity index (χ2v) is 3.93. The van der Waals surface area contributed by atoms with Crippen molar-refractivity contribution in [2.24, 2.45) is 0 Å². The minimum absolute atomic E-state index is 0.197. The first kappa shape index (κ1) is 12.9. The zero-order valence-corrected chi connectivity index (χ0v) is 9.41. The first-order valence-electron chi connectivity index (χ1n) is 4.55. The van der Waals surface area contributed by atoms with E-state index in [9.17, 15) is 13.2 Å². The van der Waals surface area contributed by atoms with Crippen LogP contribution in [0.2, 0.25) is 0 Å². The molecule has 0 aliphatic carbocycles. The zero-order valence-electron chi connectivity index (χ0n) is 8.66. The molecule has 16 heavy (non-hydrogen) atoms. The second kappa shape index (κ2) is 4.78. The van der Waals surface area contributed by atoms with Gasteiger partial charge in [0.05, 0.1) is 12.1 Å². The van der Waals surface area contributed by atoms with E-state index in [1.165, 1.54) is 13.0 Å². The summed E-state index contributed by atoms with van der Waals surface area (Å²) in [5.74, 6) is 0. The highest BCUT2D eigenvalue weighted by atomic mass is 35.5. The van der Waals surface area contributed by atoms with Crippen LogP contribution < -0.4 is 5.32 Å². The molecular weight excluding hydrogens is 239 g/mol. The third-order valence-electron chi connectivity index (χ3n) is 2.03. The van der Waals surface area contributed by atoms with Gasteiger partial charge in [-0.3, -0.25) is 0 Å². The fraction of sp³-hybridized carbons (Fsp3) is 0.273. The van der Waals surface area contributed by atoms with E-state index in [1.54, 1.807) is 6.07 Å². The Hall–Kier alpha value is -1.16. The Labute approximate surface area is 96.9 Å². The zero-order chi connectivity index (χ0) is 12.3. The van der Waals surface area contributed by atoms with E-state index in [-0.39, 0.29) is 12.1 Å². The monoisotopic (exact) mass is 249 g/mol. The van der Waals surface area contributed by atoms with Crippen LogP contribution in [0.3, 0.4) is 0 Å². The molecule has 0 aromatic heterocycles. The summed E-state index contributed by atoms with van der Waals surface area (Å²) in [4.78, 5) is 0. The van der Waals surface area contributed by atoms with Crippen molar-refractivity contribution in [3.05, 3.63) is 40.9 Å². The SMILES string of the molecule is C=C(Cl)CNc1ccc(C)c(C(F)(F)F)c1. The summed E-state index contributed by atoms with van der Waals surface area (Å²) >= 11 is 5.51. The molecule has 0 aliphatic rings. The Morgan fingerprint density at radius 1 is 1.44 bits per heavy atom. The van der Waals surface area contributed by atoms with Gasteiger partial charge in [0, 0.05) is 10.7 Å². The van der Waals surface area contributed by atoms with Crippen molar-refractivity contribution in [1.82, 2.24) is 0 Å². The summed E-state index contributed by atoms with van der Waals surface area (Å²) in [6.07, 6.45) is -4.33. The van der Waals surface area contributed by atoms with Crippen molar-refractivity contribution in [3.8, 4) is 0 Å². The quantitative estimate of drug-likeness (QED) is 0.847. The first-order valence-corrected chi connectivity index (χ1v) is 4.93. The first-order chi connectivity index (χ1) is 7.30. The molecule has 1 aromatic carbocycles. The van der Waals surface area contributed by atoms with Gasteiger partial charge in [-0.2, -0.15) is 13.2 Å². The summed E-state index contributed by atoms with van der Waals surface area (Å²) in [7, 11) is 0. The smallest absolute Gasteiger partial charge is 0.380 e. The molecule has 0 atom stereocenters. The summed E-state index contributed by atoms with van der Waals surface area (Å²) in [5.41, 5.74) is -0.0693. The molecule has 0 saturated carbocycles. The number of nitrogens with one attached hydrogen (secondary N) is 1. The lowest BCUT2D eigenvalue weighted by Crippen LogP contribution is -2.09. The molecule has 5 heteroatoms. The maximum atomic E-state index is 12.6. The van der Waals surface area contributed by atoms with E-state index in [4.69, 9.17) is 11.6 Å². The molecule has 1 nitrogen and oxygen atoms in total. The molecule has 0 radical (unpaired) electrons. The van der Waals surface area contributed by atoms with Crippen molar-refractivity contribution in [2.45, 2.75) is 13.1 Å². The Morgan fingerprint density at radius 2 is 2.06 bits per heavy atom. The third kappa shape index (κ3) is 3.45. The predicted octanol–water partition coefficient (Wildman–Crippen LogP) is 4.18. The van der Waals surface area contributed by atoms with Gasteiger partial charge in [0.15, 0.2) is 0 Å². The standard InChI is InChI=1S/C11H11ClF3N/c1-7-3-4-9(16-6-8(2)12)5-10(7)11(13,14)15/h3-5,16H,2,6H2,1H3. The van der Waals surface area contributed by atoms with E-state index in [0.29, 0.717) is 10.7 Å². The van der Waals surface area contributed by atoms with Gasteiger partial charge in [0.1, 0.15) is 0 Å². The fourth-order valence-electron chi connectivity index (χ4n) is 1.24. The predicted molar refractivity (Wildman–Crippen MR) is 59.7 cm³/mol. The van der Waals surface area contributed by atoms with Gasteiger partial charge in [0.2, 0.25) is 0 Å². The molecule has 0 bridgehead atoms. The lowest BCUT2D eigenvalue weighted by molar-refractivity contribution is -0.138. The molecule has 0 unspecified atom stereocenters. The van der Waals surface area contributed by atoms with Crippen molar-refractivity contribution >= 4 is 17.3 Å². The summed E-state index contributed by atoms with van der Waals surface area (Å²) in [6.45, 7) is 5.10. The van der Waals surface area contributed by atoms with E-state index in [1.807, 2.05) is 0 Å². The summed E-state index contributed by atoms with van der Waals surface area (Å²) < 4.78 is 37.7. The van der Waals surface area contributed by atoms with E-state index >= 15 is 0 Å². The number of aryl methyl sites for hydroxylation is 1. The maximum Gasteiger partial charge on any atom is 0.416 e. The van der Waals surface area contributed by atoms with Crippen molar-refractivity contribution in [1.29, 1.82) is 0 Å². The van der Waals surface area contributed by atoms with Crippen LogP contribution in [0.4, 0.5) is 18.9 Å². The maximum absolute atomic E-state index is 12.6. The van der Waals surface area contributed by atoms with Crippen molar-refractivity contribution in [2.75, 3.05) is 11.9 Å². The number of halogens is 4. The molecule has 0 aliphatic heterocycles. The Bertz CT molecular complexity index is 399. The molecule has 0 heterocycles. The van der Waals surface area contributed by atoms with Gasteiger partial charge in [-0.15, -0.1) is 0 Å². The molecule has 0 amide bonds. The molecule has 1 N–H and O–H groups in total. The molecule has 88 valence electrons. The largest absolute Gasteiger partial charge is 0.416 e. The van der Waals surface area contributed by atoms with Crippen LogP contribution in [0.1, 0.15) is 11.1 Å². The minimum atomic E-state index is -4.33. The third-order valence-corrected chi connectivity index (χ3v) is 2.16. The number of hydrogen-bond acceptors (Lipinski definition) is 1. The topological polar surface area (TPSA) is 12.0 Å². The van der Waals surface area contributed by atoms with Gasteiger partial charge in [0.25, 0.3) is 0 Å². The number of rotatable bonds is 3. The van der Waals surface area contributed by atoms with Gasteiger partial charge >= 0.3 is 6.18 Å². The molecule has 1 rings (SSSR count). The van der Waals surface area contributed by atoms with Crippen LogP contribution in [0.5, 0.6) is 0 Å². The van der Waals surface area contributed by atoms with Crippen LogP contribution in [-0.2, 0) is 6.18 Å². The average molecular weight is 250 g/mol. The van der Waals surface area contributed by atoms with Crippen LogP contribution in [0.25, 0.3) is 0 Å². The van der Waals surface area contributed by atoms with Gasteiger partial charge in [-0.05, 0) is 24.6 Å². The Morgan fingerprint density at radius 3 is 2.56 bits per heavy atom. The van der Waals surface area contributed by atoms with Crippen LogP contribution in [0.15, 0.2) is 29.8 Å². The van der Waals surface area contributed by atoms with Crippen LogP contribution in [-0.4, -0.2) is 6.54 Å². The molecule has 0 spiro atoms. The molecular formula is C11H11ClF3N. The highest BCUT2D eigenvalue weighted by Crippen LogP contribution is 2.33. The summed E-state index contributed by atoms with van der Waals surface area (Å²) in [6, 6.07) is 4.06. The van der Waals surface area contributed by atoms with Crippen molar-refractivity contribution < 1.29 is 13.2 Å². The van der Waals surface area contributed by atoms with Gasteiger partial charge in [-0.25, -0.2) is 0 Å². The lowest BCUT2D eigenvalue weighted by Gasteiger charge is -2.13. The van der Waals surface area contributed by atoms with Gasteiger partial charge < -0.3 is 5.32 Å². The van der Waals surface area contributed by atoms with E-state index < -0.39 is 11.7 Å². The Kier molecular flexibility index (Phi) is 3.86. The van der Waals surface area contributed by atoms with E-state index in [0.717, 1.165) is 6.07 Å². The lowest BCUT2D eigenvalue weighted by atomic mass is 10.1.